The molecule has 6 aromatic rings. The van der Waals surface area contributed by atoms with Crippen molar-refractivity contribution in [1.82, 2.24) is 10.3 Å². The van der Waals surface area contributed by atoms with E-state index in [1.165, 1.54) is 36.2 Å². The van der Waals surface area contributed by atoms with E-state index in [0.717, 1.165) is 16.8 Å². The average molecular weight is 1100 g/mol. The van der Waals surface area contributed by atoms with Crippen LogP contribution in [-0.4, -0.2) is 98.0 Å². The predicted molar refractivity (Wildman–Crippen MR) is 292 cm³/mol. The molecule has 0 aliphatic carbocycles. The van der Waals surface area contributed by atoms with Crippen LogP contribution in [0.15, 0.2) is 115 Å². The molecule has 0 saturated carbocycles. The zero-order valence-corrected chi connectivity index (χ0v) is 44.6. The summed E-state index contributed by atoms with van der Waals surface area (Å²) in [4.78, 5) is 77.7. The number of methoxy groups -OCH3 is 2. The molecule has 5 atom stereocenters. The van der Waals surface area contributed by atoms with Gasteiger partial charge in [0.15, 0.2) is 28.4 Å². The summed E-state index contributed by atoms with van der Waals surface area (Å²) in [6, 6.07) is 29.7. The van der Waals surface area contributed by atoms with E-state index < -0.39 is 63.5 Å². The van der Waals surface area contributed by atoms with Crippen molar-refractivity contribution in [2.75, 3.05) is 46.1 Å². The van der Waals surface area contributed by atoms with Crippen molar-refractivity contribution in [2.45, 2.75) is 83.0 Å². The number of para-hydroxylation sites is 2. The van der Waals surface area contributed by atoms with Gasteiger partial charge in [0.05, 0.1) is 72.8 Å². The molecule has 0 bridgehead atoms. The van der Waals surface area contributed by atoms with Crippen LogP contribution in [0.4, 0.5) is 33.2 Å². The van der Waals surface area contributed by atoms with E-state index in [0.29, 0.717) is 34.7 Å². The molecule has 1 aromatic heterocycles. The van der Waals surface area contributed by atoms with Crippen LogP contribution in [0.2, 0.25) is 0 Å². The highest BCUT2D eigenvalue weighted by atomic mass is 32.2. The second-order valence-electron chi connectivity index (χ2n) is 19.9. The van der Waals surface area contributed by atoms with Crippen molar-refractivity contribution in [2.24, 2.45) is 11.7 Å². The molecular weight excluding hydrogens is 1040 g/mol. The Kier molecular flexibility index (Phi) is 14.9. The Morgan fingerprint density at radius 3 is 1.95 bits per heavy atom. The second kappa shape index (κ2) is 22.0. The number of hydrogen-bond donors (Lipinski definition) is 5. The van der Waals surface area contributed by atoms with Gasteiger partial charge in [0.2, 0.25) is 11.8 Å². The SMILES string of the molecule is COc1cc2c(cc1OCc1cccc(COc3cc4c(cc3OC)C(=O)N3c5ccccc5C[C@H]3CN4C(=O)OCc3ccc(NC(=O)C(C)NC(=O)C(N)C(C)C)cc3)n1)NC(S(=O)(=O)O)[C@@H]1Cc3ccccc3N1C2=O. The van der Waals surface area contributed by atoms with E-state index in [1.807, 2.05) is 44.2 Å². The molecule has 4 aliphatic heterocycles. The minimum Gasteiger partial charge on any atom is -0.493 e. The van der Waals surface area contributed by atoms with Gasteiger partial charge in [-0.25, -0.2) is 4.79 Å². The number of carbonyl (C=O) groups is 5. The fraction of sp³-hybridized carbons (Fsp3) is 0.298. The third-order valence-electron chi connectivity index (χ3n) is 14.4. The van der Waals surface area contributed by atoms with E-state index in [2.05, 4.69) is 16.0 Å². The maximum Gasteiger partial charge on any atom is 0.414 e. The van der Waals surface area contributed by atoms with Crippen molar-refractivity contribution < 1.29 is 60.6 Å². The van der Waals surface area contributed by atoms with Crippen LogP contribution < -0.4 is 55.3 Å². The lowest BCUT2D eigenvalue weighted by Crippen LogP contribution is -2.50. The molecule has 0 saturated heterocycles. The zero-order valence-electron chi connectivity index (χ0n) is 43.8. The molecule has 410 valence electrons. The van der Waals surface area contributed by atoms with Gasteiger partial charge in [-0.2, -0.15) is 8.42 Å². The van der Waals surface area contributed by atoms with Gasteiger partial charge in [0.25, 0.3) is 21.9 Å². The molecule has 0 spiro atoms. The summed E-state index contributed by atoms with van der Waals surface area (Å²) < 4.78 is 66.1. The maximum absolute atomic E-state index is 14.6. The Hall–Kier alpha value is -8.73. The number of hydrogen-bond acceptors (Lipinski definition) is 15. The fourth-order valence-electron chi connectivity index (χ4n) is 10.2. The van der Waals surface area contributed by atoms with E-state index in [-0.39, 0.29) is 90.1 Å². The lowest BCUT2D eigenvalue weighted by atomic mass is 10.0. The van der Waals surface area contributed by atoms with E-state index in [9.17, 15) is 36.9 Å². The third kappa shape index (κ3) is 10.8. The minimum absolute atomic E-state index is 0.0827. The number of nitrogens with two attached hydrogens (primary N) is 1. The highest BCUT2D eigenvalue weighted by molar-refractivity contribution is 7.86. The van der Waals surface area contributed by atoms with E-state index in [1.54, 1.807) is 84.6 Å². The van der Waals surface area contributed by atoms with Crippen LogP contribution in [0.5, 0.6) is 23.0 Å². The van der Waals surface area contributed by atoms with Crippen molar-refractivity contribution in [3.05, 3.63) is 154 Å². The van der Waals surface area contributed by atoms with Gasteiger partial charge in [0, 0.05) is 29.2 Å². The number of nitrogens with one attached hydrogen (secondary N) is 3. The second-order valence-corrected chi connectivity index (χ2v) is 21.5. The standard InChI is InChI=1S/C57H58N8O13S/c1-31(2)51(58)53(67)59-32(3)52(66)61-36-19-17-33(18-20-36)28-78-57(70)63-27-39-21-34-11-6-8-15-43(34)64(39)56(69)41-24-48(75-5)50(26-45(41)63)77-30-38-14-10-13-37(60-38)29-76-49-25-42-40(23-47(49)74-4)55(68)65-44-16-9-7-12-35(44)22-46(65)54(62-42)79(71,72)73/h6-20,23-26,31-32,39,46,51,54,62H,21-22,27-30,58H2,1-5H3,(H,59,67)(H,61,66)(H,71,72,73)/t32?,39-,46-,51?,54?/m0/s1. The molecule has 4 aliphatic rings. The number of rotatable bonds is 16. The number of benzene rings is 5. The molecule has 21 nitrogen and oxygen atoms in total. The Balaban J connectivity index is 0.852. The number of fused-ring (bicyclic) bond motifs is 8. The van der Waals surface area contributed by atoms with Gasteiger partial charge in [-0.3, -0.25) is 33.6 Å². The van der Waals surface area contributed by atoms with Gasteiger partial charge >= 0.3 is 6.09 Å². The van der Waals surface area contributed by atoms with Crippen LogP contribution in [-0.2, 0) is 57.1 Å². The highest BCUT2D eigenvalue weighted by Gasteiger charge is 2.48. The van der Waals surface area contributed by atoms with Gasteiger partial charge in [-0.15, -0.1) is 0 Å². The molecule has 5 amide bonds. The molecule has 6 N–H and O–H groups in total. The molecule has 5 aromatic carbocycles. The number of ether oxygens (including phenoxy) is 5. The third-order valence-corrected chi connectivity index (χ3v) is 15.5. The quantitative estimate of drug-likeness (QED) is 0.0637. The van der Waals surface area contributed by atoms with Crippen LogP contribution >= 0.6 is 0 Å². The van der Waals surface area contributed by atoms with Crippen molar-refractivity contribution in [1.29, 1.82) is 0 Å². The largest absolute Gasteiger partial charge is 0.493 e. The molecule has 22 heteroatoms. The minimum atomic E-state index is -4.72. The summed E-state index contributed by atoms with van der Waals surface area (Å²) in [5.41, 5.74) is 11.6. The first-order valence-electron chi connectivity index (χ1n) is 25.5. The number of amides is 5. The molecule has 79 heavy (non-hydrogen) atoms. The first-order chi connectivity index (χ1) is 37.9. The van der Waals surface area contributed by atoms with E-state index in [4.69, 9.17) is 34.4 Å². The molecule has 5 heterocycles. The van der Waals surface area contributed by atoms with Crippen LogP contribution in [0, 0.1) is 5.92 Å². The molecule has 10 rings (SSSR count). The Bertz CT molecular complexity index is 3510. The van der Waals surface area contributed by atoms with Crippen LogP contribution in [0.1, 0.15) is 69.6 Å². The average Bonchev–Trinajstić information content (AvgIpc) is 4.13. The number of anilines is 5. The summed E-state index contributed by atoms with van der Waals surface area (Å²) in [7, 11) is -1.87. The van der Waals surface area contributed by atoms with Gasteiger partial charge in [0.1, 0.15) is 25.9 Å². The van der Waals surface area contributed by atoms with Crippen molar-refractivity contribution in [3.8, 4) is 23.0 Å². The van der Waals surface area contributed by atoms with Gasteiger partial charge in [-0.1, -0.05) is 68.4 Å². The predicted octanol–water partition coefficient (Wildman–Crippen LogP) is 6.62. The monoisotopic (exact) mass is 1090 g/mol. The topological polar surface area (TPSA) is 271 Å². The Labute approximate surface area is 455 Å². The first-order valence-corrected chi connectivity index (χ1v) is 27.0. The highest BCUT2D eigenvalue weighted by Crippen LogP contribution is 2.45. The van der Waals surface area contributed by atoms with Crippen LogP contribution in [0.3, 0.4) is 0 Å². The summed E-state index contributed by atoms with van der Waals surface area (Å²) in [6.07, 6.45) is -0.0354. The molecular formula is C57H58N8O13S. The normalized spacial score (nSPS) is 17.8. The summed E-state index contributed by atoms with van der Waals surface area (Å²) >= 11 is 0. The first kappa shape index (κ1) is 53.7. The lowest BCUT2D eigenvalue weighted by Gasteiger charge is -2.27. The van der Waals surface area contributed by atoms with Crippen LogP contribution in [0.25, 0.3) is 0 Å². The Morgan fingerprint density at radius 1 is 0.722 bits per heavy atom. The van der Waals surface area contributed by atoms with Crippen molar-refractivity contribution in [3.63, 3.8) is 0 Å². The molecule has 3 unspecified atom stereocenters. The van der Waals surface area contributed by atoms with Gasteiger partial charge < -0.3 is 55.2 Å². The zero-order chi connectivity index (χ0) is 55.9. The summed E-state index contributed by atoms with van der Waals surface area (Å²) in [5.74, 6) is -1.01. The van der Waals surface area contributed by atoms with Crippen molar-refractivity contribution >= 4 is 68.3 Å². The summed E-state index contributed by atoms with van der Waals surface area (Å²) in [5, 5.41) is 6.76. The smallest absolute Gasteiger partial charge is 0.414 e. The number of carbonyl (C=O) groups excluding carboxylic acids is 5. The molecule has 0 fully saturated rings. The summed E-state index contributed by atoms with van der Waals surface area (Å²) in [6.45, 7) is 4.94. The maximum atomic E-state index is 14.6. The number of aromatic nitrogens is 1. The number of nitrogens with zero attached hydrogens (tertiary/aromatic N) is 4. The lowest BCUT2D eigenvalue weighted by molar-refractivity contribution is -0.127. The van der Waals surface area contributed by atoms with Gasteiger partial charge in [-0.05, 0) is 90.9 Å². The Morgan fingerprint density at radius 2 is 1.32 bits per heavy atom. The number of pyridine rings is 1. The van der Waals surface area contributed by atoms with E-state index >= 15 is 0 Å². The fourth-order valence-corrected chi connectivity index (χ4v) is 11.1. The molecule has 0 radical (unpaired) electrons.